The Morgan fingerprint density at radius 1 is 1.42 bits per heavy atom. The highest BCUT2D eigenvalue weighted by molar-refractivity contribution is 5.71. The highest BCUT2D eigenvalue weighted by Gasteiger charge is 2.09. The molecular weight excluding hydrogens is 152 g/mol. The van der Waals surface area contributed by atoms with Gasteiger partial charge in [0.25, 0.3) is 0 Å². The molecule has 3 heteroatoms. The first-order valence-corrected chi connectivity index (χ1v) is 3.79. The standard InChI is InChI=1S/C9H10N2O/c10-11-5-1-2-7-3-4-8(12)6-9(7)11/h1-4,6,12H,5,10H2. The van der Waals surface area contributed by atoms with Crippen molar-refractivity contribution in [1.29, 1.82) is 0 Å². The summed E-state index contributed by atoms with van der Waals surface area (Å²) < 4.78 is 0. The van der Waals surface area contributed by atoms with Crippen molar-refractivity contribution >= 4 is 11.8 Å². The lowest BCUT2D eigenvalue weighted by molar-refractivity contribution is 0.475. The first-order valence-electron chi connectivity index (χ1n) is 3.79. The zero-order valence-corrected chi connectivity index (χ0v) is 6.57. The summed E-state index contributed by atoms with van der Waals surface area (Å²) in [6.45, 7) is 0.691. The quantitative estimate of drug-likeness (QED) is 0.561. The number of nitrogens with two attached hydrogens (primary N) is 1. The van der Waals surface area contributed by atoms with Crippen LogP contribution in [0.2, 0.25) is 0 Å². The van der Waals surface area contributed by atoms with Crippen molar-refractivity contribution in [1.82, 2.24) is 0 Å². The number of rotatable bonds is 0. The summed E-state index contributed by atoms with van der Waals surface area (Å²) in [7, 11) is 0. The summed E-state index contributed by atoms with van der Waals surface area (Å²) in [6, 6.07) is 5.17. The lowest BCUT2D eigenvalue weighted by atomic mass is 10.1. The number of hydrogen-bond acceptors (Lipinski definition) is 3. The van der Waals surface area contributed by atoms with Gasteiger partial charge in [-0.05, 0) is 17.7 Å². The van der Waals surface area contributed by atoms with E-state index in [1.807, 2.05) is 18.2 Å². The van der Waals surface area contributed by atoms with Gasteiger partial charge in [0.2, 0.25) is 0 Å². The molecule has 0 atom stereocenters. The third-order valence-corrected chi connectivity index (χ3v) is 1.92. The van der Waals surface area contributed by atoms with Gasteiger partial charge in [0.1, 0.15) is 5.75 Å². The summed E-state index contributed by atoms with van der Waals surface area (Å²) in [6.07, 6.45) is 3.98. The molecule has 0 aliphatic carbocycles. The molecule has 0 amide bonds. The Bertz CT molecular complexity index is 333. The van der Waals surface area contributed by atoms with Crippen molar-refractivity contribution in [3.63, 3.8) is 0 Å². The Kier molecular flexibility index (Phi) is 1.52. The molecule has 0 fully saturated rings. The lowest BCUT2D eigenvalue weighted by Crippen LogP contribution is -2.32. The first-order chi connectivity index (χ1) is 5.77. The van der Waals surface area contributed by atoms with Crippen LogP contribution in [-0.4, -0.2) is 11.7 Å². The van der Waals surface area contributed by atoms with Gasteiger partial charge in [-0.3, -0.25) is 0 Å². The molecule has 2 rings (SSSR count). The van der Waals surface area contributed by atoms with Crippen LogP contribution in [0.1, 0.15) is 5.56 Å². The van der Waals surface area contributed by atoms with Gasteiger partial charge in [-0.15, -0.1) is 0 Å². The van der Waals surface area contributed by atoms with E-state index in [4.69, 9.17) is 5.84 Å². The predicted molar refractivity (Wildman–Crippen MR) is 48.7 cm³/mol. The number of hydrazine groups is 1. The van der Waals surface area contributed by atoms with Crippen LogP contribution in [0.4, 0.5) is 5.69 Å². The third-order valence-electron chi connectivity index (χ3n) is 1.92. The molecule has 3 N–H and O–H groups in total. The van der Waals surface area contributed by atoms with Crippen molar-refractivity contribution in [2.75, 3.05) is 11.6 Å². The van der Waals surface area contributed by atoms with E-state index in [1.165, 1.54) is 0 Å². The van der Waals surface area contributed by atoms with Crippen LogP contribution in [0.5, 0.6) is 5.75 Å². The molecule has 0 saturated heterocycles. The molecule has 62 valence electrons. The maximum absolute atomic E-state index is 9.20. The molecular formula is C9H10N2O. The summed E-state index contributed by atoms with van der Waals surface area (Å²) in [5.41, 5.74) is 1.92. The molecule has 1 aliphatic heterocycles. The van der Waals surface area contributed by atoms with Crippen LogP contribution in [0, 0.1) is 0 Å². The van der Waals surface area contributed by atoms with Crippen LogP contribution in [0.15, 0.2) is 24.3 Å². The van der Waals surface area contributed by atoms with Crippen LogP contribution < -0.4 is 10.9 Å². The number of phenolic OH excluding ortho intramolecular Hbond substituents is 1. The summed E-state index contributed by atoms with van der Waals surface area (Å²) in [5, 5.41) is 10.8. The summed E-state index contributed by atoms with van der Waals surface area (Å²) >= 11 is 0. The third kappa shape index (κ3) is 1.04. The summed E-state index contributed by atoms with van der Waals surface area (Å²) in [5.74, 6) is 5.94. The second-order valence-corrected chi connectivity index (χ2v) is 2.80. The topological polar surface area (TPSA) is 49.5 Å². The molecule has 1 aliphatic rings. The maximum Gasteiger partial charge on any atom is 0.117 e. The normalized spacial score (nSPS) is 14.6. The van der Waals surface area contributed by atoms with Crippen molar-refractivity contribution in [2.45, 2.75) is 0 Å². The molecule has 1 aromatic rings. The van der Waals surface area contributed by atoms with Gasteiger partial charge >= 0.3 is 0 Å². The zero-order valence-electron chi connectivity index (χ0n) is 6.57. The van der Waals surface area contributed by atoms with Crippen molar-refractivity contribution in [3.8, 4) is 5.75 Å². The fourth-order valence-electron chi connectivity index (χ4n) is 1.31. The number of phenols is 1. The van der Waals surface area contributed by atoms with E-state index < -0.39 is 0 Å². The Balaban J connectivity index is 2.56. The number of nitrogens with zero attached hydrogens (tertiary/aromatic N) is 1. The van der Waals surface area contributed by atoms with E-state index in [9.17, 15) is 5.11 Å². The SMILES string of the molecule is NN1CC=Cc2ccc(O)cc21. The molecule has 3 nitrogen and oxygen atoms in total. The number of anilines is 1. The van der Waals surface area contributed by atoms with E-state index in [2.05, 4.69) is 0 Å². The number of benzene rings is 1. The first kappa shape index (κ1) is 7.18. The van der Waals surface area contributed by atoms with Crippen LogP contribution in [0.25, 0.3) is 6.08 Å². The zero-order chi connectivity index (χ0) is 8.55. The lowest BCUT2D eigenvalue weighted by Gasteiger charge is -2.22. The number of hydrogen-bond donors (Lipinski definition) is 2. The average Bonchev–Trinajstić information content (AvgIpc) is 2.07. The Morgan fingerprint density at radius 2 is 2.25 bits per heavy atom. The highest BCUT2D eigenvalue weighted by Crippen LogP contribution is 2.27. The van der Waals surface area contributed by atoms with Gasteiger partial charge in [-0.25, -0.2) is 5.84 Å². The van der Waals surface area contributed by atoms with E-state index >= 15 is 0 Å². The van der Waals surface area contributed by atoms with Gasteiger partial charge < -0.3 is 10.1 Å². The second kappa shape index (κ2) is 2.53. The van der Waals surface area contributed by atoms with E-state index in [0.717, 1.165) is 11.3 Å². The predicted octanol–water partition coefficient (Wildman–Crippen LogP) is 1.10. The maximum atomic E-state index is 9.20. The van der Waals surface area contributed by atoms with E-state index in [-0.39, 0.29) is 5.75 Å². The largest absolute Gasteiger partial charge is 0.508 e. The van der Waals surface area contributed by atoms with Crippen LogP contribution in [0.3, 0.4) is 0 Å². The van der Waals surface area contributed by atoms with Crippen molar-refractivity contribution in [3.05, 3.63) is 29.8 Å². The highest BCUT2D eigenvalue weighted by atomic mass is 16.3. The molecule has 0 radical (unpaired) electrons. The van der Waals surface area contributed by atoms with Gasteiger partial charge in [0.05, 0.1) is 12.2 Å². The van der Waals surface area contributed by atoms with E-state index in [1.54, 1.807) is 17.1 Å². The Hall–Kier alpha value is -1.48. The number of aromatic hydroxyl groups is 1. The molecule has 0 saturated carbocycles. The minimum absolute atomic E-state index is 0.250. The van der Waals surface area contributed by atoms with Gasteiger partial charge in [0.15, 0.2) is 0 Å². The van der Waals surface area contributed by atoms with Crippen molar-refractivity contribution in [2.24, 2.45) is 5.84 Å². The van der Waals surface area contributed by atoms with Crippen LogP contribution in [-0.2, 0) is 0 Å². The van der Waals surface area contributed by atoms with Gasteiger partial charge in [-0.1, -0.05) is 12.2 Å². The average molecular weight is 162 g/mol. The van der Waals surface area contributed by atoms with Crippen molar-refractivity contribution < 1.29 is 5.11 Å². The fraction of sp³-hybridized carbons (Fsp3) is 0.111. The van der Waals surface area contributed by atoms with Crippen LogP contribution >= 0.6 is 0 Å². The Labute approximate surface area is 70.7 Å². The second-order valence-electron chi connectivity index (χ2n) is 2.80. The minimum atomic E-state index is 0.250. The fourth-order valence-corrected chi connectivity index (χ4v) is 1.31. The smallest absolute Gasteiger partial charge is 0.117 e. The molecule has 0 spiro atoms. The summed E-state index contributed by atoms with van der Waals surface area (Å²) in [4.78, 5) is 0. The molecule has 12 heavy (non-hydrogen) atoms. The van der Waals surface area contributed by atoms with E-state index in [0.29, 0.717) is 6.54 Å². The number of fused-ring (bicyclic) bond motifs is 1. The van der Waals surface area contributed by atoms with Gasteiger partial charge in [-0.2, -0.15) is 0 Å². The molecule has 0 aromatic heterocycles. The minimum Gasteiger partial charge on any atom is -0.508 e. The molecule has 0 unspecified atom stereocenters. The molecule has 1 aromatic carbocycles. The Morgan fingerprint density at radius 3 is 3.08 bits per heavy atom. The monoisotopic (exact) mass is 162 g/mol. The molecule has 0 bridgehead atoms. The van der Waals surface area contributed by atoms with Gasteiger partial charge in [0, 0.05) is 6.07 Å². The molecule has 1 heterocycles.